The van der Waals surface area contributed by atoms with Crippen molar-refractivity contribution >= 4 is 28.3 Å². The van der Waals surface area contributed by atoms with Crippen LogP contribution in [0.2, 0.25) is 0 Å². The average Bonchev–Trinajstić information content (AvgIpc) is 2.48. The molecule has 0 aliphatic carbocycles. The molecule has 1 aromatic carbocycles. The SMILES string of the molecule is Cl.O=C1NCCc2ccc(S(=O)(=O)NC3CCNCC3)cc21. The highest BCUT2D eigenvalue weighted by Gasteiger charge is 2.24. The van der Waals surface area contributed by atoms with E-state index in [1.807, 2.05) is 0 Å². The van der Waals surface area contributed by atoms with Crippen molar-refractivity contribution in [2.24, 2.45) is 0 Å². The number of halogens is 1. The number of nitrogens with one attached hydrogen (secondary N) is 3. The predicted molar refractivity (Wildman–Crippen MR) is 85.9 cm³/mol. The van der Waals surface area contributed by atoms with Crippen LogP contribution in [0.4, 0.5) is 0 Å². The molecule has 1 saturated heterocycles. The highest BCUT2D eigenvalue weighted by molar-refractivity contribution is 7.89. The first-order chi connectivity index (χ1) is 10.1. The van der Waals surface area contributed by atoms with Gasteiger partial charge in [-0.3, -0.25) is 4.79 Å². The quantitative estimate of drug-likeness (QED) is 0.741. The zero-order chi connectivity index (χ0) is 14.9. The number of carbonyl (C=O) groups is 1. The maximum absolute atomic E-state index is 12.4. The van der Waals surface area contributed by atoms with Gasteiger partial charge in [0, 0.05) is 18.2 Å². The van der Waals surface area contributed by atoms with Gasteiger partial charge in [-0.05, 0) is 50.0 Å². The number of hydrogen-bond donors (Lipinski definition) is 3. The van der Waals surface area contributed by atoms with Crippen molar-refractivity contribution in [3.05, 3.63) is 29.3 Å². The Morgan fingerprint density at radius 1 is 1.14 bits per heavy atom. The molecule has 122 valence electrons. The topological polar surface area (TPSA) is 87.3 Å². The maximum Gasteiger partial charge on any atom is 0.251 e. The summed E-state index contributed by atoms with van der Waals surface area (Å²) < 4.78 is 27.6. The van der Waals surface area contributed by atoms with Crippen LogP contribution in [0.3, 0.4) is 0 Å². The van der Waals surface area contributed by atoms with Gasteiger partial charge in [-0.2, -0.15) is 0 Å². The van der Waals surface area contributed by atoms with Crippen LogP contribution in [0.1, 0.15) is 28.8 Å². The predicted octanol–water partition coefficient (Wildman–Crippen LogP) is 0.425. The van der Waals surface area contributed by atoms with Crippen molar-refractivity contribution in [3.8, 4) is 0 Å². The number of piperidine rings is 1. The molecule has 0 atom stereocenters. The molecule has 3 N–H and O–H groups in total. The summed E-state index contributed by atoms with van der Waals surface area (Å²) in [5, 5.41) is 5.94. The number of benzene rings is 1. The monoisotopic (exact) mass is 345 g/mol. The van der Waals surface area contributed by atoms with Crippen LogP contribution in [0.25, 0.3) is 0 Å². The summed E-state index contributed by atoms with van der Waals surface area (Å²) in [6.07, 6.45) is 2.30. The fourth-order valence-corrected chi connectivity index (χ4v) is 4.12. The van der Waals surface area contributed by atoms with Gasteiger partial charge in [0.15, 0.2) is 0 Å². The summed E-state index contributed by atoms with van der Waals surface area (Å²) in [7, 11) is -3.57. The first-order valence-electron chi connectivity index (χ1n) is 7.20. The van der Waals surface area contributed by atoms with Crippen molar-refractivity contribution in [3.63, 3.8) is 0 Å². The summed E-state index contributed by atoms with van der Waals surface area (Å²) in [5.74, 6) is -0.199. The van der Waals surface area contributed by atoms with E-state index in [2.05, 4.69) is 15.4 Å². The van der Waals surface area contributed by atoms with Crippen LogP contribution >= 0.6 is 12.4 Å². The zero-order valence-electron chi connectivity index (χ0n) is 12.1. The van der Waals surface area contributed by atoms with E-state index in [9.17, 15) is 13.2 Å². The van der Waals surface area contributed by atoms with Crippen LogP contribution < -0.4 is 15.4 Å². The smallest absolute Gasteiger partial charge is 0.251 e. The van der Waals surface area contributed by atoms with Crippen LogP contribution in [-0.2, 0) is 16.4 Å². The second kappa shape index (κ2) is 6.95. The molecule has 0 bridgehead atoms. The van der Waals surface area contributed by atoms with Crippen molar-refractivity contribution in [1.82, 2.24) is 15.4 Å². The molecular weight excluding hydrogens is 326 g/mol. The molecular formula is C14H20ClN3O3S. The molecule has 1 amide bonds. The van der Waals surface area contributed by atoms with Gasteiger partial charge >= 0.3 is 0 Å². The summed E-state index contributed by atoms with van der Waals surface area (Å²) >= 11 is 0. The summed E-state index contributed by atoms with van der Waals surface area (Å²) in [5.41, 5.74) is 1.37. The number of amides is 1. The zero-order valence-corrected chi connectivity index (χ0v) is 13.7. The van der Waals surface area contributed by atoms with E-state index in [1.54, 1.807) is 12.1 Å². The minimum Gasteiger partial charge on any atom is -0.352 e. The standard InChI is InChI=1S/C14H19N3O3S.ClH/c18-14-13-9-12(2-1-10(13)3-8-16-14)21(19,20)17-11-4-6-15-7-5-11;/h1-2,9,11,15,17H,3-8H2,(H,16,18);1H. The highest BCUT2D eigenvalue weighted by Crippen LogP contribution is 2.20. The van der Waals surface area contributed by atoms with Crippen molar-refractivity contribution in [1.29, 1.82) is 0 Å². The van der Waals surface area contributed by atoms with E-state index in [0.717, 1.165) is 37.9 Å². The number of hydrogen-bond acceptors (Lipinski definition) is 4. The number of rotatable bonds is 3. The lowest BCUT2D eigenvalue weighted by atomic mass is 10.0. The Kier molecular flexibility index (Phi) is 5.44. The van der Waals surface area contributed by atoms with E-state index in [1.165, 1.54) is 6.07 Å². The first kappa shape index (κ1) is 17.2. The van der Waals surface area contributed by atoms with E-state index in [-0.39, 0.29) is 29.3 Å². The molecule has 1 fully saturated rings. The van der Waals surface area contributed by atoms with Crippen LogP contribution in [0.5, 0.6) is 0 Å². The molecule has 0 unspecified atom stereocenters. The lowest BCUT2D eigenvalue weighted by molar-refractivity contribution is 0.0946. The molecule has 3 rings (SSSR count). The number of fused-ring (bicyclic) bond motifs is 1. The molecule has 6 nitrogen and oxygen atoms in total. The molecule has 1 aromatic rings. The van der Waals surface area contributed by atoms with Crippen LogP contribution in [-0.4, -0.2) is 40.0 Å². The van der Waals surface area contributed by atoms with Gasteiger partial charge in [-0.15, -0.1) is 12.4 Å². The first-order valence-corrected chi connectivity index (χ1v) is 8.69. The van der Waals surface area contributed by atoms with Gasteiger partial charge in [-0.1, -0.05) is 6.07 Å². The minimum absolute atomic E-state index is 0. The largest absolute Gasteiger partial charge is 0.352 e. The Balaban J connectivity index is 0.00000176. The molecule has 8 heteroatoms. The van der Waals surface area contributed by atoms with E-state index >= 15 is 0 Å². The van der Waals surface area contributed by atoms with Gasteiger partial charge < -0.3 is 10.6 Å². The fraction of sp³-hybridized carbons (Fsp3) is 0.500. The summed E-state index contributed by atoms with van der Waals surface area (Å²) in [6, 6.07) is 4.76. The highest BCUT2D eigenvalue weighted by atomic mass is 35.5. The third-order valence-electron chi connectivity index (χ3n) is 3.98. The third kappa shape index (κ3) is 3.60. The fourth-order valence-electron chi connectivity index (χ4n) is 2.79. The van der Waals surface area contributed by atoms with Crippen molar-refractivity contribution < 1.29 is 13.2 Å². The molecule has 2 aliphatic heterocycles. The average molecular weight is 346 g/mol. The van der Waals surface area contributed by atoms with Gasteiger partial charge in [0.1, 0.15) is 0 Å². The molecule has 0 aromatic heterocycles. The van der Waals surface area contributed by atoms with Gasteiger partial charge in [0.05, 0.1) is 4.90 Å². The van der Waals surface area contributed by atoms with E-state index in [4.69, 9.17) is 0 Å². The van der Waals surface area contributed by atoms with Gasteiger partial charge in [0.25, 0.3) is 5.91 Å². The lowest BCUT2D eigenvalue weighted by Crippen LogP contribution is -2.42. The van der Waals surface area contributed by atoms with E-state index in [0.29, 0.717) is 12.1 Å². The molecule has 22 heavy (non-hydrogen) atoms. The number of carbonyl (C=O) groups excluding carboxylic acids is 1. The van der Waals surface area contributed by atoms with E-state index < -0.39 is 10.0 Å². The second-order valence-corrected chi connectivity index (χ2v) is 7.18. The Hall–Kier alpha value is -1.15. The van der Waals surface area contributed by atoms with Crippen LogP contribution in [0, 0.1) is 0 Å². The summed E-state index contributed by atoms with van der Waals surface area (Å²) in [6.45, 7) is 2.24. The van der Waals surface area contributed by atoms with Crippen molar-refractivity contribution in [2.75, 3.05) is 19.6 Å². The molecule has 0 saturated carbocycles. The lowest BCUT2D eigenvalue weighted by Gasteiger charge is -2.24. The molecule has 2 heterocycles. The molecule has 2 aliphatic rings. The Bertz CT molecular complexity index is 657. The Labute approximate surface area is 136 Å². The molecule has 0 radical (unpaired) electrons. The summed E-state index contributed by atoms with van der Waals surface area (Å²) in [4.78, 5) is 12.0. The number of sulfonamides is 1. The Morgan fingerprint density at radius 2 is 1.86 bits per heavy atom. The van der Waals surface area contributed by atoms with Crippen LogP contribution in [0.15, 0.2) is 23.1 Å². The third-order valence-corrected chi connectivity index (χ3v) is 5.50. The van der Waals surface area contributed by atoms with Gasteiger partial charge in [0.2, 0.25) is 10.0 Å². The van der Waals surface area contributed by atoms with Crippen molar-refractivity contribution in [2.45, 2.75) is 30.2 Å². The maximum atomic E-state index is 12.4. The Morgan fingerprint density at radius 3 is 2.59 bits per heavy atom. The molecule has 0 spiro atoms. The minimum atomic E-state index is -3.57. The second-order valence-electron chi connectivity index (χ2n) is 5.47. The van der Waals surface area contributed by atoms with Gasteiger partial charge in [-0.25, -0.2) is 13.1 Å². The normalized spacial score (nSPS) is 19.0.